The number of ether oxygens (including phenoxy) is 1. The minimum absolute atomic E-state index is 0.0298. The fourth-order valence-corrected chi connectivity index (χ4v) is 3.23. The average molecular weight is 358 g/mol. The topological polar surface area (TPSA) is 141 Å². The van der Waals surface area contributed by atoms with Crippen LogP contribution in [-0.2, 0) is 0 Å². The molecule has 8 heteroatoms. The van der Waals surface area contributed by atoms with E-state index in [0.717, 1.165) is 5.56 Å². The summed E-state index contributed by atoms with van der Waals surface area (Å²) >= 11 is 0. The molecule has 1 aliphatic heterocycles. The van der Waals surface area contributed by atoms with Gasteiger partial charge in [0.25, 0.3) is 0 Å². The van der Waals surface area contributed by atoms with Crippen LogP contribution >= 0.6 is 0 Å². The van der Waals surface area contributed by atoms with E-state index >= 15 is 0 Å². The molecule has 0 saturated heterocycles. The van der Waals surface area contributed by atoms with Gasteiger partial charge in [-0.3, -0.25) is 10.1 Å². The zero-order valence-corrected chi connectivity index (χ0v) is 13.8. The van der Waals surface area contributed by atoms with Gasteiger partial charge in [-0.1, -0.05) is 24.3 Å². The molecule has 1 aromatic carbocycles. The van der Waals surface area contributed by atoms with Gasteiger partial charge in [0.15, 0.2) is 0 Å². The van der Waals surface area contributed by atoms with Crippen LogP contribution in [0.25, 0.3) is 11.3 Å². The van der Waals surface area contributed by atoms with Crippen molar-refractivity contribution in [3.05, 3.63) is 76.9 Å². The van der Waals surface area contributed by atoms with Crippen molar-refractivity contribution in [3.63, 3.8) is 0 Å². The second-order valence-corrected chi connectivity index (χ2v) is 5.85. The van der Waals surface area contributed by atoms with Gasteiger partial charge in [-0.05, 0) is 17.7 Å². The number of pyridine rings is 1. The Morgan fingerprint density at radius 3 is 2.70 bits per heavy atom. The first-order valence-electron chi connectivity index (χ1n) is 7.98. The SMILES string of the molecule is N#CC1=C(N)Oc2n[nH]c(-c3ccncc3)c2C1c1ccccc1C(=O)[O-]. The van der Waals surface area contributed by atoms with Crippen LogP contribution < -0.4 is 15.6 Å². The summed E-state index contributed by atoms with van der Waals surface area (Å²) in [5, 5.41) is 28.4. The van der Waals surface area contributed by atoms with Gasteiger partial charge in [-0.25, -0.2) is 0 Å². The summed E-state index contributed by atoms with van der Waals surface area (Å²) < 4.78 is 5.50. The lowest BCUT2D eigenvalue weighted by molar-refractivity contribution is -0.255. The number of rotatable bonds is 3. The second kappa shape index (κ2) is 6.31. The van der Waals surface area contributed by atoms with E-state index in [2.05, 4.69) is 15.2 Å². The number of fused-ring (bicyclic) bond motifs is 1. The van der Waals surface area contributed by atoms with E-state index in [1.807, 2.05) is 6.07 Å². The zero-order valence-electron chi connectivity index (χ0n) is 13.8. The van der Waals surface area contributed by atoms with Crippen molar-refractivity contribution in [1.29, 1.82) is 5.26 Å². The highest BCUT2D eigenvalue weighted by Crippen LogP contribution is 2.46. The maximum Gasteiger partial charge on any atom is 0.244 e. The van der Waals surface area contributed by atoms with Crippen molar-refractivity contribution < 1.29 is 14.6 Å². The summed E-state index contributed by atoms with van der Waals surface area (Å²) in [5.74, 6) is -2.04. The molecule has 27 heavy (non-hydrogen) atoms. The van der Waals surface area contributed by atoms with Gasteiger partial charge in [0.05, 0.1) is 23.1 Å². The molecule has 3 heterocycles. The van der Waals surface area contributed by atoms with Crippen LogP contribution in [0.5, 0.6) is 5.88 Å². The van der Waals surface area contributed by atoms with E-state index in [-0.39, 0.29) is 22.9 Å². The lowest BCUT2D eigenvalue weighted by atomic mass is 9.81. The third kappa shape index (κ3) is 2.58. The minimum atomic E-state index is -1.34. The van der Waals surface area contributed by atoms with Crippen LogP contribution in [0.2, 0.25) is 0 Å². The smallest absolute Gasteiger partial charge is 0.244 e. The molecule has 0 spiro atoms. The molecule has 0 aliphatic carbocycles. The van der Waals surface area contributed by atoms with E-state index in [4.69, 9.17) is 10.5 Å². The highest BCUT2D eigenvalue weighted by atomic mass is 16.5. The fraction of sp³-hybridized carbons (Fsp3) is 0.0526. The van der Waals surface area contributed by atoms with Gasteiger partial charge in [-0.2, -0.15) is 5.26 Å². The summed E-state index contributed by atoms with van der Waals surface area (Å²) in [4.78, 5) is 15.6. The highest BCUT2D eigenvalue weighted by molar-refractivity contribution is 5.89. The number of carboxylic acid groups (broad SMARTS) is 1. The monoisotopic (exact) mass is 358 g/mol. The number of aromatic nitrogens is 3. The Balaban J connectivity index is 2.01. The van der Waals surface area contributed by atoms with Crippen molar-refractivity contribution in [3.8, 4) is 23.2 Å². The molecule has 1 unspecified atom stereocenters. The maximum absolute atomic E-state index is 11.6. The first-order valence-corrected chi connectivity index (χ1v) is 7.98. The molecule has 8 nitrogen and oxygen atoms in total. The number of hydrogen-bond donors (Lipinski definition) is 2. The number of nitrogens with zero attached hydrogens (tertiary/aromatic N) is 3. The Morgan fingerprint density at radius 2 is 2.00 bits per heavy atom. The first kappa shape index (κ1) is 16.4. The number of carbonyl (C=O) groups excluding carboxylic acids is 1. The summed E-state index contributed by atoms with van der Waals surface area (Å²) in [7, 11) is 0. The minimum Gasteiger partial charge on any atom is -0.545 e. The normalized spacial score (nSPS) is 15.6. The number of benzene rings is 1. The summed E-state index contributed by atoms with van der Waals surface area (Å²) in [6.07, 6.45) is 3.23. The van der Waals surface area contributed by atoms with Crippen molar-refractivity contribution in [2.45, 2.75) is 5.92 Å². The van der Waals surface area contributed by atoms with Crippen molar-refractivity contribution in [2.24, 2.45) is 5.73 Å². The molecule has 0 fully saturated rings. The number of aromatic carboxylic acids is 1. The van der Waals surface area contributed by atoms with E-state index in [1.165, 1.54) is 6.07 Å². The van der Waals surface area contributed by atoms with Crippen LogP contribution in [0.15, 0.2) is 60.2 Å². The average Bonchev–Trinajstić information content (AvgIpc) is 3.10. The summed E-state index contributed by atoms with van der Waals surface area (Å²) in [6, 6.07) is 11.9. The lowest BCUT2D eigenvalue weighted by Gasteiger charge is -2.26. The van der Waals surface area contributed by atoms with Crippen LogP contribution in [0.1, 0.15) is 27.4 Å². The van der Waals surface area contributed by atoms with Crippen LogP contribution in [0.3, 0.4) is 0 Å². The third-order valence-electron chi connectivity index (χ3n) is 4.40. The van der Waals surface area contributed by atoms with E-state index in [0.29, 0.717) is 16.8 Å². The number of H-pyrrole nitrogens is 1. The number of aromatic amines is 1. The quantitative estimate of drug-likeness (QED) is 0.713. The van der Waals surface area contributed by atoms with Gasteiger partial charge in [0, 0.05) is 23.5 Å². The van der Waals surface area contributed by atoms with Gasteiger partial charge >= 0.3 is 0 Å². The number of nitrogens with two attached hydrogens (primary N) is 1. The van der Waals surface area contributed by atoms with Crippen molar-refractivity contribution >= 4 is 5.97 Å². The molecule has 132 valence electrons. The first-order chi connectivity index (χ1) is 13.1. The molecule has 3 N–H and O–H groups in total. The predicted molar refractivity (Wildman–Crippen MR) is 91.9 cm³/mol. The molecule has 2 aromatic heterocycles. The number of hydrogen-bond acceptors (Lipinski definition) is 7. The molecule has 0 amide bonds. The van der Waals surface area contributed by atoms with E-state index in [1.54, 1.807) is 42.7 Å². The van der Waals surface area contributed by atoms with Gasteiger partial charge in [-0.15, -0.1) is 5.10 Å². The van der Waals surface area contributed by atoms with Gasteiger partial charge in [0.2, 0.25) is 11.8 Å². The van der Waals surface area contributed by atoms with Crippen molar-refractivity contribution in [2.75, 3.05) is 0 Å². The van der Waals surface area contributed by atoms with Gasteiger partial charge < -0.3 is 20.4 Å². The highest BCUT2D eigenvalue weighted by Gasteiger charge is 2.36. The molecule has 0 saturated carbocycles. The Bertz CT molecular complexity index is 1110. The Hall–Kier alpha value is -4.12. The molecule has 1 atom stereocenters. The van der Waals surface area contributed by atoms with Crippen LogP contribution in [0.4, 0.5) is 0 Å². The number of allylic oxidation sites excluding steroid dienone is 1. The van der Waals surface area contributed by atoms with E-state index < -0.39 is 11.9 Å². The lowest BCUT2D eigenvalue weighted by Crippen LogP contribution is -2.27. The van der Waals surface area contributed by atoms with Crippen LogP contribution in [0, 0.1) is 11.3 Å². The Labute approximate surface area is 153 Å². The number of nitrogens with one attached hydrogen (secondary N) is 1. The molecule has 3 aromatic rings. The second-order valence-electron chi connectivity index (χ2n) is 5.85. The Morgan fingerprint density at radius 1 is 1.26 bits per heavy atom. The molecule has 0 radical (unpaired) electrons. The standard InChI is InChI=1S/C19H13N5O3/c20-9-13-14(11-3-1-2-4-12(11)19(25)26)15-16(10-5-7-22-8-6-10)23-24-18(15)27-17(13)21/h1-8,14H,21H2,(H,23,24)(H,25,26)/p-1. The van der Waals surface area contributed by atoms with Gasteiger partial charge in [0.1, 0.15) is 11.6 Å². The summed E-state index contributed by atoms with van der Waals surface area (Å²) in [5.41, 5.74) is 8.24. The number of nitriles is 1. The molecule has 0 bridgehead atoms. The van der Waals surface area contributed by atoms with E-state index in [9.17, 15) is 15.2 Å². The summed E-state index contributed by atoms with van der Waals surface area (Å²) in [6.45, 7) is 0. The predicted octanol–water partition coefficient (Wildman–Crippen LogP) is 1.05. The molecule has 1 aliphatic rings. The fourth-order valence-electron chi connectivity index (χ4n) is 3.23. The Kier molecular flexibility index (Phi) is 3.82. The molecular weight excluding hydrogens is 346 g/mol. The zero-order chi connectivity index (χ0) is 19.0. The third-order valence-corrected chi connectivity index (χ3v) is 4.40. The molecule has 4 rings (SSSR count). The largest absolute Gasteiger partial charge is 0.545 e. The number of carboxylic acids is 1. The van der Waals surface area contributed by atoms with Crippen molar-refractivity contribution in [1.82, 2.24) is 15.2 Å². The number of carbonyl (C=O) groups is 1. The maximum atomic E-state index is 11.6. The molecular formula is C19H12N5O3-. The van der Waals surface area contributed by atoms with Crippen LogP contribution in [-0.4, -0.2) is 21.2 Å².